The number of nitrogens with zero attached hydrogens (tertiary/aromatic N) is 5. The van der Waals surface area contributed by atoms with E-state index in [9.17, 15) is 9.59 Å². The maximum atomic E-state index is 12.0. The van der Waals surface area contributed by atoms with E-state index in [1.807, 2.05) is 0 Å². The van der Waals surface area contributed by atoms with Gasteiger partial charge in [-0.05, 0) is 34.7 Å². The van der Waals surface area contributed by atoms with Crippen LogP contribution in [-0.2, 0) is 9.53 Å². The van der Waals surface area contributed by atoms with Gasteiger partial charge in [-0.1, -0.05) is 23.4 Å². The number of rotatable bonds is 4. The summed E-state index contributed by atoms with van der Waals surface area (Å²) in [5.74, 6) is -0.290. The molecule has 0 atom stereocenters. The van der Waals surface area contributed by atoms with E-state index in [4.69, 9.17) is 16.3 Å². The van der Waals surface area contributed by atoms with Crippen LogP contribution >= 0.6 is 23.4 Å². The van der Waals surface area contributed by atoms with Crippen molar-refractivity contribution >= 4 is 35.4 Å². The lowest BCUT2D eigenvalue weighted by molar-refractivity contribution is -0.125. The van der Waals surface area contributed by atoms with E-state index in [0.717, 1.165) is 22.3 Å². The normalized spacial score (nSPS) is 14.2. The molecule has 22 heavy (non-hydrogen) atoms. The van der Waals surface area contributed by atoms with Gasteiger partial charge < -0.3 is 4.74 Å². The van der Waals surface area contributed by atoms with Crippen LogP contribution in [0.5, 0.6) is 0 Å². The third-order valence-corrected chi connectivity index (χ3v) is 4.05. The van der Waals surface area contributed by atoms with Gasteiger partial charge in [0.2, 0.25) is 11.1 Å². The van der Waals surface area contributed by atoms with Crippen molar-refractivity contribution in [3.05, 3.63) is 29.3 Å². The molecule has 0 N–H and O–H groups in total. The maximum absolute atomic E-state index is 12.0. The fourth-order valence-electron chi connectivity index (χ4n) is 1.84. The number of cyclic esters (lactones) is 1. The topological polar surface area (TPSA) is 90.2 Å². The number of hydrogen-bond donors (Lipinski definition) is 0. The lowest BCUT2D eigenvalue weighted by atomic mass is 10.3. The van der Waals surface area contributed by atoms with Gasteiger partial charge in [-0.15, -0.1) is 5.10 Å². The Morgan fingerprint density at radius 3 is 2.82 bits per heavy atom. The summed E-state index contributed by atoms with van der Waals surface area (Å²) < 4.78 is 6.22. The van der Waals surface area contributed by atoms with Gasteiger partial charge in [0.1, 0.15) is 6.61 Å². The van der Waals surface area contributed by atoms with E-state index in [2.05, 4.69) is 15.5 Å². The minimum Gasteiger partial charge on any atom is -0.447 e. The standard InChI is InChI=1S/C12H10ClN5O3S/c13-8-1-3-9(4-2-8)18-11(14-15-16-18)22-7-10(19)17-5-6-21-12(17)20/h1-4H,5-7H2. The molecule has 1 aliphatic heterocycles. The van der Waals surface area contributed by atoms with Crippen molar-refractivity contribution in [1.82, 2.24) is 25.1 Å². The van der Waals surface area contributed by atoms with Gasteiger partial charge in [-0.2, -0.15) is 4.68 Å². The molecule has 8 nitrogen and oxygen atoms in total. The average molecular weight is 340 g/mol. The van der Waals surface area contributed by atoms with E-state index in [-0.39, 0.29) is 24.8 Å². The number of amides is 2. The van der Waals surface area contributed by atoms with E-state index in [0.29, 0.717) is 10.2 Å². The first-order valence-corrected chi connectivity index (χ1v) is 7.66. The van der Waals surface area contributed by atoms with Gasteiger partial charge in [-0.25, -0.2) is 9.69 Å². The highest BCUT2D eigenvalue weighted by Gasteiger charge is 2.28. The predicted octanol–water partition coefficient (Wildman–Crippen LogP) is 1.39. The van der Waals surface area contributed by atoms with Crippen molar-refractivity contribution < 1.29 is 14.3 Å². The van der Waals surface area contributed by atoms with Crippen molar-refractivity contribution in [2.45, 2.75) is 5.16 Å². The van der Waals surface area contributed by atoms with E-state index >= 15 is 0 Å². The zero-order valence-corrected chi connectivity index (χ0v) is 12.8. The van der Waals surface area contributed by atoms with Gasteiger partial charge in [0, 0.05) is 5.02 Å². The first-order chi connectivity index (χ1) is 10.6. The molecule has 1 aromatic carbocycles. The average Bonchev–Trinajstić information content (AvgIpc) is 3.14. The Kier molecular flexibility index (Phi) is 4.25. The molecule has 3 rings (SSSR count). The van der Waals surface area contributed by atoms with Gasteiger partial charge in [-0.3, -0.25) is 4.79 Å². The van der Waals surface area contributed by atoms with Crippen LogP contribution in [0.2, 0.25) is 5.02 Å². The van der Waals surface area contributed by atoms with Crippen LogP contribution in [0.15, 0.2) is 29.4 Å². The first kappa shape index (κ1) is 14.8. The monoisotopic (exact) mass is 339 g/mol. The summed E-state index contributed by atoms with van der Waals surface area (Å²) in [5, 5.41) is 12.4. The molecular weight excluding hydrogens is 330 g/mol. The second-order valence-electron chi connectivity index (χ2n) is 4.30. The third kappa shape index (κ3) is 3.04. The van der Waals surface area contributed by atoms with Gasteiger partial charge in [0.25, 0.3) is 0 Å². The smallest absolute Gasteiger partial charge is 0.416 e. The third-order valence-electron chi connectivity index (χ3n) is 2.90. The molecule has 0 spiro atoms. The van der Waals surface area contributed by atoms with Crippen LogP contribution in [0, 0.1) is 0 Å². The zero-order valence-electron chi connectivity index (χ0n) is 11.2. The largest absolute Gasteiger partial charge is 0.447 e. The number of halogens is 1. The van der Waals surface area contributed by atoms with Crippen molar-refractivity contribution in [1.29, 1.82) is 0 Å². The summed E-state index contributed by atoms with van der Waals surface area (Å²) in [5.41, 5.74) is 0.727. The van der Waals surface area contributed by atoms with Crippen molar-refractivity contribution in [2.75, 3.05) is 18.9 Å². The van der Waals surface area contributed by atoms with Gasteiger partial charge in [0.15, 0.2) is 0 Å². The van der Waals surface area contributed by atoms with Crippen molar-refractivity contribution in [2.24, 2.45) is 0 Å². The van der Waals surface area contributed by atoms with Crippen molar-refractivity contribution in [3.63, 3.8) is 0 Å². The second-order valence-corrected chi connectivity index (χ2v) is 5.68. The highest BCUT2D eigenvalue weighted by Crippen LogP contribution is 2.20. The highest BCUT2D eigenvalue weighted by molar-refractivity contribution is 7.99. The summed E-state index contributed by atoms with van der Waals surface area (Å²) in [6, 6.07) is 6.97. The lowest BCUT2D eigenvalue weighted by Gasteiger charge is -2.09. The predicted molar refractivity (Wildman–Crippen MR) is 77.9 cm³/mol. The molecule has 2 heterocycles. The molecule has 0 unspecified atom stereocenters. The van der Waals surface area contributed by atoms with Gasteiger partial charge in [0.05, 0.1) is 18.0 Å². The Labute approximate surface area is 134 Å². The van der Waals surface area contributed by atoms with Crippen LogP contribution < -0.4 is 0 Å². The molecule has 114 valence electrons. The highest BCUT2D eigenvalue weighted by atomic mass is 35.5. The van der Waals surface area contributed by atoms with Crippen LogP contribution in [0.25, 0.3) is 5.69 Å². The van der Waals surface area contributed by atoms with E-state index in [1.165, 1.54) is 4.68 Å². The number of aromatic nitrogens is 4. The number of thioether (sulfide) groups is 1. The molecule has 1 aromatic heterocycles. The minimum absolute atomic E-state index is 0.0447. The summed E-state index contributed by atoms with van der Waals surface area (Å²) >= 11 is 6.99. The lowest BCUT2D eigenvalue weighted by Crippen LogP contribution is -2.33. The minimum atomic E-state index is -0.608. The Hall–Kier alpha value is -2.13. The van der Waals surface area contributed by atoms with Crippen LogP contribution in [-0.4, -0.2) is 56.0 Å². The fraction of sp³-hybridized carbons (Fsp3) is 0.250. The fourth-order valence-corrected chi connectivity index (χ4v) is 2.73. The number of carbonyl (C=O) groups is 2. The molecule has 1 saturated heterocycles. The molecule has 0 radical (unpaired) electrons. The number of ether oxygens (including phenoxy) is 1. The Morgan fingerprint density at radius 1 is 1.36 bits per heavy atom. The van der Waals surface area contributed by atoms with E-state index < -0.39 is 6.09 Å². The summed E-state index contributed by atoms with van der Waals surface area (Å²) in [6.45, 7) is 0.512. The number of carbonyl (C=O) groups excluding carboxylic acids is 2. The van der Waals surface area contributed by atoms with E-state index in [1.54, 1.807) is 24.3 Å². The Balaban J connectivity index is 1.69. The Bertz CT molecular complexity index is 705. The molecule has 2 amide bonds. The second kappa shape index (κ2) is 6.32. The quantitative estimate of drug-likeness (QED) is 0.777. The number of imide groups is 1. The van der Waals surface area contributed by atoms with Crippen LogP contribution in [0.1, 0.15) is 0 Å². The molecule has 0 aliphatic carbocycles. The summed E-state index contributed by atoms with van der Waals surface area (Å²) in [6.07, 6.45) is -0.608. The van der Waals surface area contributed by atoms with Crippen molar-refractivity contribution in [3.8, 4) is 5.69 Å². The molecule has 1 aliphatic rings. The number of tetrazole rings is 1. The SMILES string of the molecule is O=C(CSc1nnnn1-c1ccc(Cl)cc1)N1CCOC1=O. The summed E-state index contributed by atoms with van der Waals surface area (Å²) in [4.78, 5) is 24.3. The maximum Gasteiger partial charge on any atom is 0.416 e. The number of hydrogen-bond acceptors (Lipinski definition) is 7. The molecule has 10 heteroatoms. The van der Waals surface area contributed by atoms with Gasteiger partial charge >= 0.3 is 6.09 Å². The first-order valence-electron chi connectivity index (χ1n) is 6.29. The van der Waals surface area contributed by atoms with Crippen LogP contribution in [0.3, 0.4) is 0 Å². The molecule has 1 fully saturated rings. The Morgan fingerprint density at radius 2 is 2.14 bits per heavy atom. The van der Waals surface area contributed by atoms with Crippen LogP contribution in [0.4, 0.5) is 4.79 Å². The number of benzene rings is 1. The molecule has 0 saturated carbocycles. The summed E-state index contributed by atoms with van der Waals surface area (Å²) in [7, 11) is 0. The molecule has 0 bridgehead atoms. The molecular formula is C12H10ClN5O3S. The molecule has 2 aromatic rings. The zero-order chi connectivity index (χ0) is 15.5.